The van der Waals surface area contributed by atoms with Crippen molar-refractivity contribution in [3.63, 3.8) is 0 Å². The van der Waals surface area contributed by atoms with E-state index >= 15 is 0 Å². The van der Waals surface area contributed by atoms with Crippen LogP contribution < -0.4 is 5.32 Å². The van der Waals surface area contributed by atoms with Crippen LogP contribution in [0.4, 0.5) is 5.82 Å². The summed E-state index contributed by atoms with van der Waals surface area (Å²) in [5.74, 6) is 1.77. The minimum atomic E-state index is -0.0237. The molecular formula is C16H28N4O. The van der Waals surface area contributed by atoms with Gasteiger partial charge in [0.15, 0.2) is 5.82 Å². The van der Waals surface area contributed by atoms with Gasteiger partial charge in [-0.3, -0.25) is 4.90 Å². The molecule has 0 spiro atoms. The Balaban J connectivity index is 2.27. The van der Waals surface area contributed by atoms with Gasteiger partial charge in [-0.25, -0.2) is 9.97 Å². The molecule has 0 amide bonds. The van der Waals surface area contributed by atoms with Crippen molar-refractivity contribution in [2.45, 2.75) is 53.2 Å². The first-order valence-electron chi connectivity index (χ1n) is 8.03. The van der Waals surface area contributed by atoms with Gasteiger partial charge in [-0.15, -0.1) is 0 Å². The highest BCUT2D eigenvalue weighted by Crippen LogP contribution is 2.24. The second-order valence-corrected chi connectivity index (χ2v) is 5.83. The number of nitrogens with one attached hydrogen (secondary N) is 1. The molecule has 1 unspecified atom stereocenters. The maximum Gasteiger partial charge on any atom is 0.161 e. The molecular weight excluding hydrogens is 264 g/mol. The molecule has 1 aliphatic rings. The Bertz CT molecular complexity index is 476. The van der Waals surface area contributed by atoms with Gasteiger partial charge in [0.2, 0.25) is 0 Å². The number of ether oxygens (including phenoxy) is 1. The number of aromatic nitrogens is 2. The van der Waals surface area contributed by atoms with E-state index in [1.54, 1.807) is 0 Å². The van der Waals surface area contributed by atoms with Gasteiger partial charge in [0.1, 0.15) is 11.9 Å². The van der Waals surface area contributed by atoms with Crippen LogP contribution >= 0.6 is 0 Å². The molecule has 0 radical (unpaired) electrons. The number of hydrogen-bond donors (Lipinski definition) is 1. The zero-order chi connectivity index (χ0) is 15.4. The molecule has 0 bridgehead atoms. The first kappa shape index (κ1) is 16.2. The summed E-state index contributed by atoms with van der Waals surface area (Å²) >= 11 is 0. The van der Waals surface area contributed by atoms with Crippen LogP contribution in [0, 0.1) is 6.92 Å². The van der Waals surface area contributed by atoms with Crippen LogP contribution in [-0.4, -0.2) is 47.2 Å². The first-order chi connectivity index (χ1) is 10.1. The topological polar surface area (TPSA) is 50.3 Å². The van der Waals surface area contributed by atoms with Crippen molar-refractivity contribution in [3.8, 4) is 0 Å². The van der Waals surface area contributed by atoms with Crippen LogP contribution in [0.3, 0.4) is 0 Å². The predicted octanol–water partition coefficient (Wildman–Crippen LogP) is 2.56. The molecule has 1 aliphatic heterocycles. The average Bonchev–Trinajstić information content (AvgIpc) is 2.49. The summed E-state index contributed by atoms with van der Waals surface area (Å²) in [4.78, 5) is 11.9. The summed E-state index contributed by atoms with van der Waals surface area (Å²) in [5, 5.41) is 3.34. The quantitative estimate of drug-likeness (QED) is 0.904. The highest BCUT2D eigenvalue weighted by atomic mass is 16.5. The number of aryl methyl sites for hydroxylation is 1. The highest BCUT2D eigenvalue weighted by molar-refractivity contribution is 5.46. The van der Waals surface area contributed by atoms with Crippen molar-refractivity contribution >= 4 is 5.82 Å². The molecule has 0 aromatic carbocycles. The summed E-state index contributed by atoms with van der Waals surface area (Å²) in [6, 6.07) is 0.528. The molecule has 1 aromatic rings. The van der Waals surface area contributed by atoms with Gasteiger partial charge in [-0.1, -0.05) is 6.92 Å². The Labute approximate surface area is 128 Å². The van der Waals surface area contributed by atoms with Crippen LogP contribution in [0.15, 0.2) is 0 Å². The standard InChI is InChI=1S/C16H28N4O/c1-6-13-12(5)15(17-7-2)19-16(18-13)14-10-20(11(3)4)8-9-21-14/h11,14H,6-10H2,1-5H3,(H,17,18,19). The summed E-state index contributed by atoms with van der Waals surface area (Å²) in [6.07, 6.45) is 0.893. The van der Waals surface area contributed by atoms with Gasteiger partial charge in [0.25, 0.3) is 0 Å². The second-order valence-electron chi connectivity index (χ2n) is 5.83. The molecule has 0 saturated carbocycles. The lowest BCUT2D eigenvalue weighted by molar-refractivity contribution is -0.0443. The first-order valence-corrected chi connectivity index (χ1v) is 8.03. The average molecular weight is 292 g/mol. The van der Waals surface area contributed by atoms with E-state index in [4.69, 9.17) is 14.7 Å². The Morgan fingerprint density at radius 1 is 1.33 bits per heavy atom. The Morgan fingerprint density at radius 2 is 2.10 bits per heavy atom. The van der Waals surface area contributed by atoms with E-state index in [2.05, 4.69) is 44.8 Å². The van der Waals surface area contributed by atoms with Crippen molar-refractivity contribution in [3.05, 3.63) is 17.1 Å². The van der Waals surface area contributed by atoms with Crippen molar-refractivity contribution < 1.29 is 4.74 Å². The number of rotatable bonds is 5. The van der Waals surface area contributed by atoms with E-state index in [0.29, 0.717) is 6.04 Å². The van der Waals surface area contributed by atoms with E-state index in [9.17, 15) is 0 Å². The molecule has 1 N–H and O–H groups in total. The molecule has 2 heterocycles. The van der Waals surface area contributed by atoms with Crippen LogP contribution in [-0.2, 0) is 11.2 Å². The fourth-order valence-electron chi connectivity index (χ4n) is 2.70. The van der Waals surface area contributed by atoms with Crippen molar-refractivity contribution in [2.75, 3.05) is 31.6 Å². The Hall–Kier alpha value is -1.20. The number of anilines is 1. The smallest absolute Gasteiger partial charge is 0.161 e. The molecule has 118 valence electrons. The third kappa shape index (κ3) is 3.71. The van der Waals surface area contributed by atoms with E-state index in [-0.39, 0.29) is 6.10 Å². The normalized spacial score (nSPS) is 20.0. The van der Waals surface area contributed by atoms with Crippen LogP contribution in [0.5, 0.6) is 0 Å². The fourth-order valence-corrected chi connectivity index (χ4v) is 2.70. The summed E-state index contributed by atoms with van der Waals surface area (Å²) in [6.45, 7) is 14.2. The second kappa shape index (κ2) is 7.18. The molecule has 1 aromatic heterocycles. The highest BCUT2D eigenvalue weighted by Gasteiger charge is 2.26. The van der Waals surface area contributed by atoms with Gasteiger partial charge in [-0.05, 0) is 34.1 Å². The molecule has 2 rings (SSSR count). The lowest BCUT2D eigenvalue weighted by Gasteiger charge is -2.35. The van der Waals surface area contributed by atoms with E-state index in [0.717, 1.165) is 55.6 Å². The third-order valence-electron chi connectivity index (χ3n) is 4.06. The van der Waals surface area contributed by atoms with Gasteiger partial charge in [0, 0.05) is 36.9 Å². The van der Waals surface area contributed by atoms with Crippen molar-refractivity contribution in [1.29, 1.82) is 0 Å². The zero-order valence-corrected chi connectivity index (χ0v) is 13.9. The predicted molar refractivity (Wildman–Crippen MR) is 85.7 cm³/mol. The molecule has 5 heteroatoms. The lowest BCUT2D eigenvalue weighted by Crippen LogP contribution is -2.42. The summed E-state index contributed by atoms with van der Waals surface area (Å²) in [7, 11) is 0. The minimum absolute atomic E-state index is 0.0237. The van der Waals surface area contributed by atoms with E-state index in [1.165, 1.54) is 0 Å². The molecule has 5 nitrogen and oxygen atoms in total. The molecule has 1 saturated heterocycles. The maximum atomic E-state index is 5.92. The van der Waals surface area contributed by atoms with Gasteiger partial charge < -0.3 is 10.1 Å². The number of hydrogen-bond acceptors (Lipinski definition) is 5. The Morgan fingerprint density at radius 3 is 2.71 bits per heavy atom. The zero-order valence-electron chi connectivity index (χ0n) is 13.9. The van der Waals surface area contributed by atoms with Gasteiger partial charge in [-0.2, -0.15) is 0 Å². The molecule has 1 fully saturated rings. The Kier molecular flexibility index (Phi) is 5.53. The summed E-state index contributed by atoms with van der Waals surface area (Å²) < 4.78 is 5.92. The van der Waals surface area contributed by atoms with Gasteiger partial charge in [0.05, 0.1) is 6.61 Å². The molecule has 0 aliphatic carbocycles. The summed E-state index contributed by atoms with van der Waals surface area (Å²) in [5.41, 5.74) is 2.26. The van der Waals surface area contributed by atoms with E-state index < -0.39 is 0 Å². The number of morpholine rings is 1. The van der Waals surface area contributed by atoms with E-state index in [1.807, 2.05) is 0 Å². The van der Waals surface area contributed by atoms with Crippen LogP contribution in [0.1, 0.15) is 50.9 Å². The monoisotopic (exact) mass is 292 g/mol. The SMILES string of the molecule is CCNc1nc(C2CN(C(C)C)CCO2)nc(CC)c1C. The van der Waals surface area contributed by atoms with Crippen LogP contribution in [0.2, 0.25) is 0 Å². The third-order valence-corrected chi connectivity index (χ3v) is 4.06. The largest absolute Gasteiger partial charge is 0.370 e. The lowest BCUT2D eigenvalue weighted by atomic mass is 10.1. The van der Waals surface area contributed by atoms with Crippen molar-refractivity contribution in [2.24, 2.45) is 0 Å². The fraction of sp³-hybridized carbons (Fsp3) is 0.750. The molecule has 21 heavy (non-hydrogen) atoms. The van der Waals surface area contributed by atoms with Crippen molar-refractivity contribution in [1.82, 2.24) is 14.9 Å². The van der Waals surface area contributed by atoms with Gasteiger partial charge >= 0.3 is 0 Å². The number of nitrogens with zero attached hydrogens (tertiary/aromatic N) is 3. The molecule has 1 atom stereocenters. The van der Waals surface area contributed by atoms with Crippen LogP contribution in [0.25, 0.3) is 0 Å². The maximum absolute atomic E-state index is 5.92. The minimum Gasteiger partial charge on any atom is -0.370 e.